The highest BCUT2D eigenvalue weighted by atomic mass is 16.3. The number of carbonyl (C=O) groups excluding carboxylic acids is 1. The van der Waals surface area contributed by atoms with Gasteiger partial charge in [-0.3, -0.25) is 9.78 Å². The Morgan fingerprint density at radius 3 is 2.79 bits per heavy atom. The number of pyridine rings is 2. The van der Waals surface area contributed by atoms with Gasteiger partial charge in [-0.2, -0.15) is 0 Å². The van der Waals surface area contributed by atoms with Gasteiger partial charge in [0.1, 0.15) is 17.1 Å². The number of piperidine rings is 1. The summed E-state index contributed by atoms with van der Waals surface area (Å²) >= 11 is 0. The Bertz CT molecular complexity index is 838. The topological polar surface area (TPSA) is 71.3 Å². The van der Waals surface area contributed by atoms with E-state index in [0.717, 1.165) is 42.7 Å². The van der Waals surface area contributed by atoms with Crippen LogP contribution in [0.15, 0.2) is 53.4 Å². The second kappa shape index (κ2) is 6.31. The third kappa shape index (κ3) is 2.82. The number of carbonyl (C=O) groups is 1. The summed E-state index contributed by atoms with van der Waals surface area (Å²) in [6.45, 7) is 1.70. The van der Waals surface area contributed by atoms with E-state index in [1.165, 1.54) is 0 Å². The zero-order valence-electron chi connectivity index (χ0n) is 13.2. The van der Waals surface area contributed by atoms with Crippen LogP contribution in [0.3, 0.4) is 0 Å². The Morgan fingerprint density at radius 2 is 2.00 bits per heavy atom. The number of furan rings is 1. The number of hydrogen-bond donors (Lipinski definition) is 1. The molecular formula is C18H18N4O2. The van der Waals surface area contributed by atoms with Crippen molar-refractivity contribution in [1.82, 2.24) is 15.3 Å². The van der Waals surface area contributed by atoms with Gasteiger partial charge in [-0.05, 0) is 37.1 Å². The molecule has 0 saturated carbocycles. The van der Waals surface area contributed by atoms with Crippen LogP contribution in [-0.2, 0) is 0 Å². The van der Waals surface area contributed by atoms with Gasteiger partial charge in [-0.25, -0.2) is 4.98 Å². The van der Waals surface area contributed by atoms with E-state index in [-0.39, 0.29) is 11.9 Å². The average molecular weight is 322 g/mol. The van der Waals surface area contributed by atoms with Crippen molar-refractivity contribution in [2.45, 2.75) is 18.9 Å². The summed E-state index contributed by atoms with van der Waals surface area (Å²) in [5, 5.41) is 4.11. The third-order valence-corrected chi connectivity index (χ3v) is 4.39. The van der Waals surface area contributed by atoms with Crippen LogP contribution in [-0.4, -0.2) is 35.0 Å². The first-order valence-electron chi connectivity index (χ1n) is 8.10. The second-order valence-corrected chi connectivity index (χ2v) is 5.92. The molecule has 1 aliphatic rings. The maximum atomic E-state index is 12.2. The summed E-state index contributed by atoms with van der Waals surface area (Å²) in [7, 11) is 0. The number of amides is 1. The summed E-state index contributed by atoms with van der Waals surface area (Å²) in [4.78, 5) is 23.0. The van der Waals surface area contributed by atoms with Crippen LogP contribution >= 0.6 is 0 Å². The number of anilines is 1. The molecule has 0 radical (unpaired) electrons. The first kappa shape index (κ1) is 14.7. The van der Waals surface area contributed by atoms with Gasteiger partial charge in [0, 0.05) is 31.5 Å². The lowest BCUT2D eigenvalue weighted by Crippen LogP contribution is -2.45. The van der Waals surface area contributed by atoms with Gasteiger partial charge in [0.25, 0.3) is 5.91 Å². The van der Waals surface area contributed by atoms with Crippen molar-refractivity contribution < 1.29 is 9.21 Å². The van der Waals surface area contributed by atoms with Gasteiger partial charge >= 0.3 is 0 Å². The summed E-state index contributed by atoms with van der Waals surface area (Å²) in [5.41, 5.74) is 1.32. The van der Waals surface area contributed by atoms with Crippen LogP contribution in [0.2, 0.25) is 0 Å². The van der Waals surface area contributed by atoms with Crippen LogP contribution in [0.4, 0.5) is 5.82 Å². The van der Waals surface area contributed by atoms with E-state index in [2.05, 4.69) is 20.2 Å². The van der Waals surface area contributed by atoms with Crippen molar-refractivity contribution in [2.24, 2.45) is 0 Å². The summed E-state index contributed by atoms with van der Waals surface area (Å²) < 4.78 is 5.44. The predicted octanol–water partition coefficient (Wildman–Crippen LogP) is 2.62. The Morgan fingerprint density at radius 1 is 1.12 bits per heavy atom. The molecule has 1 amide bonds. The van der Waals surface area contributed by atoms with Gasteiger partial charge in [0.15, 0.2) is 0 Å². The predicted molar refractivity (Wildman–Crippen MR) is 90.9 cm³/mol. The molecule has 0 aliphatic carbocycles. The fraction of sp³-hybridized carbons (Fsp3) is 0.278. The molecule has 1 fully saturated rings. The van der Waals surface area contributed by atoms with Gasteiger partial charge in [-0.1, -0.05) is 6.07 Å². The monoisotopic (exact) mass is 322 g/mol. The number of rotatable bonds is 3. The molecule has 0 atom stereocenters. The largest absolute Gasteiger partial charge is 0.464 e. The number of nitrogens with one attached hydrogen (secondary N) is 1. The Labute approximate surface area is 139 Å². The normalized spacial score (nSPS) is 15.6. The van der Waals surface area contributed by atoms with Crippen LogP contribution < -0.4 is 10.2 Å². The summed E-state index contributed by atoms with van der Waals surface area (Å²) in [6.07, 6.45) is 6.86. The molecule has 0 unspecified atom stereocenters. The first-order valence-corrected chi connectivity index (χ1v) is 8.10. The van der Waals surface area contributed by atoms with Crippen LogP contribution in [0.5, 0.6) is 0 Å². The number of nitrogens with zero attached hydrogens (tertiary/aromatic N) is 3. The molecule has 0 aromatic carbocycles. The van der Waals surface area contributed by atoms with E-state index in [1.54, 1.807) is 30.8 Å². The van der Waals surface area contributed by atoms with Crippen LogP contribution in [0, 0.1) is 0 Å². The van der Waals surface area contributed by atoms with E-state index in [0.29, 0.717) is 5.69 Å². The highest BCUT2D eigenvalue weighted by Crippen LogP contribution is 2.27. The molecule has 0 bridgehead atoms. The molecule has 6 heteroatoms. The second-order valence-electron chi connectivity index (χ2n) is 5.92. The number of aromatic nitrogens is 2. The summed E-state index contributed by atoms with van der Waals surface area (Å²) in [6, 6.07) is 9.35. The van der Waals surface area contributed by atoms with Gasteiger partial charge < -0.3 is 14.6 Å². The molecule has 4 rings (SSSR count). The lowest BCUT2D eigenvalue weighted by molar-refractivity contribution is 0.0926. The minimum Gasteiger partial charge on any atom is -0.464 e. The molecule has 3 aromatic heterocycles. The Kier molecular flexibility index (Phi) is 3.86. The molecule has 24 heavy (non-hydrogen) atoms. The molecule has 6 nitrogen and oxygen atoms in total. The van der Waals surface area contributed by atoms with Crippen molar-refractivity contribution in [3.05, 3.63) is 54.7 Å². The van der Waals surface area contributed by atoms with Crippen molar-refractivity contribution in [3.63, 3.8) is 0 Å². The summed E-state index contributed by atoms with van der Waals surface area (Å²) in [5.74, 6) is 0.847. The maximum absolute atomic E-state index is 12.2. The van der Waals surface area contributed by atoms with E-state index < -0.39 is 0 Å². The highest BCUT2D eigenvalue weighted by Gasteiger charge is 2.23. The lowest BCUT2D eigenvalue weighted by Gasteiger charge is -2.33. The van der Waals surface area contributed by atoms with Crippen molar-refractivity contribution >= 4 is 22.7 Å². The number of fused-ring (bicyclic) bond motifs is 1. The van der Waals surface area contributed by atoms with Gasteiger partial charge in [-0.15, -0.1) is 0 Å². The molecule has 1 N–H and O–H groups in total. The molecule has 1 aliphatic heterocycles. The quantitative estimate of drug-likeness (QED) is 0.802. The van der Waals surface area contributed by atoms with E-state index in [9.17, 15) is 4.79 Å². The molecular weight excluding hydrogens is 304 g/mol. The van der Waals surface area contributed by atoms with E-state index in [1.807, 2.05) is 18.2 Å². The SMILES string of the molecule is O=C(NC1CCN(c2nccc3occc23)CC1)c1ccccn1. The zero-order valence-corrected chi connectivity index (χ0v) is 13.2. The fourth-order valence-electron chi connectivity index (χ4n) is 3.12. The third-order valence-electron chi connectivity index (χ3n) is 4.39. The van der Waals surface area contributed by atoms with E-state index in [4.69, 9.17) is 4.42 Å². The lowest BCUT2D eigenvalue weighted by atomic mass is 10.0. The van der Waals surface area contributed by atoms with Crippen molar-refractivity contribution in [1.29, 1.82) is 0 Å². The van der Waals surface area contributed by atoms with Gasteiger partial charge in [0.2, 0.25) is 0 Å². The van der Waals surface area contributed by atoms with Crippen molar-refractivity contribution in [3.8, 4) is 0 Å². The highest BCUT2D eigenvalue weighted by molar-refractivity contribution is 5.92. The van der Waals surface area contributed by atoms with Crippen molar-refractivity contribution in [2.75, 3.05) is 18.0 Å². The molecule has 4 heterocycles. The smallest absolute Gasteiger partial charge is 0.270 e. The minimum atomic E-state index is -0.107. The van der Waals surface area contributed by atoms with E-state index >= 15 is 0 Å². The fourth-order valence-corrected chi connectivity index (χ4v) is 3.12. The Hall–Kier alpha value is -2.89. The average Bonchev–Trinajstić information content (AvgIpc) is 3.12. The van der Waals surface area contributed by atoms with Gasteiger partial charge in [0.05, 0.1) is 11.6 Å². The Balaban J connectivity index is 1.40. The minimum absolute atomic E-state index is 0.107. The molecule has 1 saturated heterocycles. The zero-order chi connectivity index (χ0) is 16.4. The maximum Gasteiger partial charge on any atom is 0.270 e. The molecule has 3 aromatic rings. The first-order chi connectivity index (χ1) is 11.8. The number of hydrogen-bond acceptors (Lipinski definition) is 5. The standard InChI is InChI=1S/C18H18N4O2/c23-18(15-3-1-2-8-19-15)21-13-5-10-22(11-6-13)17-14-7-12-24-16(14)4-9-20-17/h1-4,7-9,12-13H,5-6,10-11H2,(H,21,23). The van der Waals surface area contributed by atoms with Crippen LogP contribution in [0.1, 0.15) is 23.3 Å². The van der Waals surface area contributed by atoms with Crippen LogP contribution in [0.25, 0.3) is 11.0 Å². The molecule has 122 valence electrons. The molecule has 0 spiro atoms.